The van der Waals surface area contributed by atoms with E-state index in [9.17, 15) is 8.78 Å². The van der Waals surface area contributed by atoms with Crippen LogP contribution in [-0.2, 0) is 6.42 Å². The Morgan fingerprint density at radius 2 is 1.85 bits per heavy atom. The SMILES string of the molecule is C=CCCC1=Cc2cc(C#Cc3cc(F)c(N=C=S)c(F)c3)ccc2C1. The van der Waals surface area contributed by atoms with Crippen LogP contribution in [0.15, 0.2) is 53.6 Å². The minimum Gasteiger partial charge on any atom is -0.204 e. The van der Waals surface area contributed by atoms with E-state index in [-0.39, 0.29) is 5.56 Å². The Kier molecular flexibility index (Phi) is 5.53. The van der Waals surface area contributed by atoms with Crippen LogP contribution in [0, 0.1) is 23.5 Å². The summed E-state index contributed by atoms with van der Waals surface area (Å²) in [5.74, 6) is 4.14. The summed E-state index contributed by atoms with van der Waals surface area (Å²) >= 11 is 4.38. The van der Waals surface area contributed by atoms with Crippen molar-refractivity contribution in [1.82, 2.24) is 0 Å². The fourth-order valence-electron chi connectivity index (χ4n) is 2.87. The quantitative estimate of drug-likeness (QED) is 0.281. The largest absolute Gasteiger partial charge is 0.204 e. The van der Waals surface area contributed by atoms with Gasteiger partial charge in [-0.1, -0.05) is 35.6 Å². The molecule has 0 atom stereocenters. The highest BCUT2D eigenvalue weighted by atomic mass is 32.1. The Labute approximate surface area is 156 Å². The number of fused-ring (bicyclic) bond motifs is 1. The third-order valence-electron chi connectivity index (χ3n) is 4.12. The number of allylic oxidation sites excluding steroid dienone is 2. The summed E-state index contributed by atoms with van der Waals surface area (Å²) in [5.41, 5.74) is 4.40. The van der Waals surface area contributed by atoms with Crippen LogP contribution in [0.2, 0.25) is 0 Å². The lowest BCUT2D eigenvalue weighted by atomic mass is 10.0. The van der Waals surface area contributed by atoms with E-state index in [1.54, 1.807) is 0 Å². The van der Waals surface area contributed by atoms with Crippen molar-refractivity contribution in [2.45, 2.75) is 19.3 Å². The molecule has 1 aliphatic carbocycles. The van der Waals surface area contributed by atoms with Crippen LogP contribution in [-0.4, -0.2) is 5.16 Å². The topological polar surface area (TPSA) is 12.4 Å². The summed E-state index contributed by atoms with van der Waals surface area (Å²) in [5, 5.41) is 1.96. The number of hydrogen-bond donors (Lipinski definition) is 0. The molecule has 3 rings (SSSR count). The van der Waals surface area contributed by atoms with Crippen molar-refractivity contribution < 1.29 is 8.78 Å². The average Bonchev–Trinajstić information content (AvgIpc) is 3.03. The van der Waals surface area contributed by atoms with Crippen molar-refractivity contribution in [2.24, 2.45) is 4.99 Å². The molecule has 0 unspecified atom stereocenters. The number of rotatable bonds is 4. The molecular formula is C22H15F2NS. The number of nitrogens with zero attached hydrogens (tertiary/aromatic N) is 1. The molecule has 0 radical (unpaired) electrons. The van der Waals surface area contributed by atoms with Crippen LogP contribution in [0.1, 0.15) is 35.1 Å². The number of isothiocyanates is 1. The van der Waals surface area contributed by atoms with Crippen LogP contribution in [0.5, 0.6) is 0 Å². The van der Waals surface area contributed by atoms with Gasteiger partial charge in [0.1, 0.15) is 5.69 Å². The Morgan fingerprint density at radius 1 is 1.12 bits per heavy atom. The first kappa shape index (κ1) is 17.9. The Hall–Kier alpha value is -2.86. The third-order valence-corrected chi connectivity index (χ3v) is 4.21. The zero-order chi connectivity index (χ0) is 18.5. The normalized spacial score (nSPS) is 11.7. The first-order chi connectivity index (χ1) is 12.6. The first-order valence-corrected chi connectivity index (χ1v) is 8.53. The molecule has 128 valence electrons. The lowest BCUT2D eigenvalue weighted by Crippen LogP contribution is -1.87. The molecule has 0 saturated heterocycles. The maximum absolute atomic E-state index is 13.8. The molecule has 26 heavy (non-hydrogen) atoms. The van der Waals surface area contributed by atoms with Crippen molar-refractivity contribution in [3.05, 3.63) is 82.4 Å². The van der Waals surface area contributed by atoms with E-state index in [1.807, 2.05) is 23.4 Å². The number of aliphatic imine (C=N–C) groups is 1. The van der Waals surface area contributed by atoms with Crippen molar-refractivity contribution in [3.63, 3.8) is 0 Å². The van der Waals surface area contributed by atoms with Gasteiger partial charge in [0.2, 0.25) is 0 Å². The van der Waals surface area contributed by atoms with Crippen molar-refractivity contribution >= 4 is 29.1 Å². The average molecular weight is 363 g/mol. The summed E-state index contributed by atoms with van der Waals surface area (Å²) in [7, 11) is 0. The van der Waals surface area contributed by atoms with Crippen LogP contribution in [0.4, 0.5) is 14.5 Å². The fraction of sp³-hybridized carbons (Fsp3) is 0.136. The second kappa shape index (κ2) is 8.01. The summed E-state index contributed by atoms with van der Waals surface area (Å²) in [6, 6.07) is 8.26. The van der Waals surface area contributed by atoms with E-state index in [4.69, 9.17) is 0 Å². The lowest BCUT2D eigenvalue weighted by molar-refractivity contribution is 0.587. The summed E-state index contributed by atoms with van der Waals surface area (Å²) in [6.45, 7) is 3.75. The highest BCUT2D eigenvalue weighted by molar-refractivity contribution is 7.78. The summed E-state index contributed by atoms with van der Waals surface area (Å²) in [4.78, 5) is 3.39. The van der Waals surface area contributed by atoms with Crippen LogP contribution >= 0.6 is 12.2 Å². The number of halogens is 2. The van der Waals surface area contributed by atoms with Gasteiger partial charge in [-0.15, -0.1) is 6.58 Å². The van der Waals surface area contributed by atoms with Crippen molar-refractivity contribution in [2.75, 3.05) is 0 Å². The summed E-state index contributed by atoms with van der Waals surface area (Å²) in [6.07, 6.45) is 7.03. The van der Waals surface area contributed by atoms with E-state index >= 15 is 0 Å². The molecule has 0 aromatic heterocycles. The van der Waals surface area contributed by atoms with Gasteiger partial charge in [0.15, 0.2) is 11.6 Å². The zero-order valence-corrected chi connectivity index (χ0v) is 14.8. The molecule has 4 heteroatoms. The lowest BCUT2D eigenvalue weighted by Gasteiger charge is -2.00. The Morgan fingerprint density at radius 3 is 2.54 bits per heavy atom. The number of benzene rings is 2. The molecule has 2 aromatic rings. The molecule has 1 nitrogen and oxygen atoms in total. The van der Waals surface area contributed by atoms with Gasteiger partial charge in [-0.2, -0.15) is 4.99 Å². The molecule has 0 aliphatic heterocycles. The van der Waals surface area contributed by atoms with E-state index in [1.165, 1.54) is 11.1 Å². The van der Waals surface area contributed by atoms with Gasteiger partial charge >= 0.3 is 0 Å². The highest BCUT2D eigenvalue weighted by Crippen LogP contribution is 2.28. The predicted molar refractivity (Wildman–Crippen MR) is 105 cm³/mol. The van der Waals surface area contributed by atoms with Gasteiger partial charge in [-0.05, 0) is 66.9 Å². The molecule has 1 aliphatic rings. The summed E-state index contributed by atoms with van der Waals surface area (Å²) < 4.78 is 27.7. The third kappa shape index (κ3) is 4.03. The van der Waals surface area contributed by atoms with Crippen LogP contribution < -0.4 is 0 Å². The molecule has 0 amide bonds. The monoisotopic (exact) mass is 363 g/mol. The fourth-order valence-corrected chi connectivity index (χ4v) is 2.96. The predicted octanol–water partition coefficient (Wildman–Crippen LogP) is 6.00. The molecule has 0 N–H and O–H groups in total. The molecule has 0 spiro atoms. The zero-order valence-electron chi connectivity index (χ0n) is 14.0. The maximum Gasteiger partial charge on any atom is 0.153 e. The molecule has 0 bridgehead atoms. The first-order valence-electron chi connectivity index (χ1n) is 8.13. The second-order valence-electron chi connectivity index (χ2n) is 5.96. The Balaban J connectivity index is 1.85. The molecule has 0 heterocycles. The van der Waals surface area contributed by atoms with E-state index < -0.39 is 17.3 Å². The van der Waals surface area contributed by atoms with Gasteiger partial charge in [0.05, 0.1) is 5.16 Å². The minimum atomic E-state index is -0.810. The van der Waals surface area contributed by atoms with Crippen molar-refractivity contribution in [1.29, 1.82) is 0 Å². The highest BCUT2D eigenvalue weighted by Gasteiger charge is 2.12. The van der Waals surface area contributed by atoms with Crippen LogP contribution in [0.25, 0.3) is 6.08 Å². The molecular weight excluding hydrogens is 348 g/mol. The van der Waals surface area contributed by atoms with Gasteiger partial charge in [0, 0.05) is 11.1 Å². The molecule has 0 saturated carbocycles. The number of thiocarbonyl (C=S) groups is 1. The van der Waals surface area contributed by atoms with Crippen molar-refractivity contribution in [3.8, 4) is 11.8 Å². The van der Waals surface area contributed by atoms with Gasteiger partial charge in [0.25, 0.3) is 0 Å². The number of hydrogen-bond acceptors (Lipinski definition) is 2. The van der Waals surface area contributed by atoms with E-state index in [0.29, 0.717) is 0 Å². The van der Waals surface area contributed by atoms with Gasteiger partial charge in [-0.25, -0.2) is 8.78 Å². The molecule has 0 fully saturated rings. The van der Waals surface area contributed by atoms with E-state index in [0.717, 1.165) is 42.5 Å². The van der Waals surface area contributed by atoms with Gasteiger partial charge < -0.3 is 0 Å². The molecule has 2 aromatic carbocycles. The minimum absolute atomic E-state index is 0.242. The Bertz CT molecular complexity index is 995. The second-order valence-corrected chi connectivity index (χ2v) is 6.14. The maximum atomic E-state index is 13.8. The van der Waals surface area contributed by atoms with Gasteiger partial charge in [-0.3, -0.25) is 0 Å². The standard InChI is InChI=1S/C22H15F2NS/c1-2-3-4-16-10-18-8-7-15(9-19(18)11-16)5-6-17-12-20(23)22(25-14-26)21(24)13-17/h2,7-9,11-13H,1,3-4,10H2. The smallest absolute Gasteiger partial charge is 0.153 e. The van der Waals surface area contributed by atoms with E-state index in [2.05, 4.69) is 47.8 Å². The van der Waals surface area contributed by atoms with Crippen LogP contribution in [0.3, 0.4) is 0 Å².